The minimum absolute atomic E-state index is 0.0144. The fourth-order valence-corrected chi connectivity index (χ4v) is 2.18. The number of nitro groups is 2. The summed E-state index contributed by atoms with van der Waals surface area (Å²) >= 11 is 0. The van der Waals surface area contributed by atoms with Crippen LogP contribution in [0.25, 0.3) is 0 Å². The van der Waals surface area contributed by atoms with Gasteiger partial charge in [-0.3, -0.25) is 20.2 Å². The molecule has 7 nitrogen and oxygen atoms in total. The molecule has 0 radical (unpaired) electrons. The lowest BCUT2D eigenvalue weighted by Gasteiger charge is -2.04. The Labute approximate surface area is 122 Å². The van der Waals surface area contributed by atoms with Gasteiger partial charge >= 0.3 is 6.17 Å². The molecule has 0 unspecified atom stereocenters. The molecule has 1 rings (SSSR count). The van der Waals surface area contributed by atoms with Crippen molar-refractivity contribution >= 4 is 0 Å². The molecule has 0 saturated carbocycles. The maximum absolute atomic E-state index is 10.4. The Hall–Kier alpha value is -2.18. The van der Waals surface area contributed by atoms with Crippen LogP contribution in [0.5, 0.6) is 5.75 Å². The Kier molecular flexibility index (Phi) is 7.14. The number of nitrogens with zero attached hydrogens (tertiary/aromatic N) is 2. The van der Waals surface area contributed by atoms with Crippen molar-refractivity contribution in [1.82, 2.24) is 0 Å². The first-order valence-corrected chi connectivity index (χ1v) is 7.06. The Balaban J connectivity index is 2.11. The van der Waals surface area contributed by atoms with Crippen LogP contribution in [0.15, 0.2) is 24.3 Å². The molecule has 0 aliphatic heterocycles. The smallest absolute Gasteiger partial charge is 0.450 e. The summed E-state index contributed by atoms with van der Waals surface area (Å²) < 4.78 is 0. The van der Waals surface area contributed by atoms with Gasteiger partial charge < -0.3 is 5.11 Å². The van der Waals surface area contributed by atoms with Gasteiger partial charge in [-0.1, -0.05) is 37.5 Å². The summed E-state index contributed by atoms with van der Waals surface area (Å²) in [6.45, 7) is 0. The SMILES string of the molecule is O=[N+]([O-])C(CCCCCCCc1ccccc1O)[N+](=O)[O-]. The average Bonchev–Trinajstić information content (AvgIpc) is 2.42. The number of phenols is 1. The van der Waals surface area contributed by atoms with Gasteiger partial charge in [0, 0.05) is 0 Å². The number of para-hydroxylation sites is 1. The molecule has 7 heteroatoms. The van der Waals surface area contributed by atoms with Crippen molar-refractivity contribution in [3.63, 3.8) is 0 Å². The van der Waals surface area contributed by atoms with Crippen LogP contribution in [0.2, 0.25) is 0 Å². The Morgan fingerprint density at radius 1 is 0.952 bits per heavy atom. The number of phenolic OH excluding ortho intramolecular Hbond substituents is 1. The fraction of sp³-hybridized carbons (Fsp3) is 0.571. The molecule has 0 bridgehead atoms. The van der Waals surface area contributed by atoms with E-state index in [-0.39, 0.29) is 6.42 Å². The predicted molar refractivity (Wildman–Crippen MR) is 77.3 cm³/mol. The summed E-state index contributed by atoms with van der Waals surface area (Å²) in [7, 11) is 0. The number of unbranched alkanes of at least 4 members (excludes halogenated alkanes) is 4. The zero-order valence-corrected chi connectivity index (χ0v) is 11.8. The van der Waals surface area contributed by atoms with Crippen molar-refractivity contribution in [1.29, 1.82) is 0 Å². The van der Waals surface area contributed by atoms with Crippen molar-refractivity contribution in [3.05, 3.63) is 50.1 Å². The van der Waals surface area contributed by atoms with Gasteiger partial charge in [0.15, 0.2) is 0 Å². The van der Waals surface area contributed by atoms with Crippen LogP contribution in [-0.4, -0.2) is 21.1 Å². The molecular formula is C14H20N2O5. The summed E-state index contributed by atoms with van der Waals surface area (Å²) in [5, 5.41) is 30.5. The summed E-state index contributed by atoms with van der Waals surface area (Å²) in [4.78, 5) is 19.2. The van der Waals surface area contributed by atoms with E-state index in [0.717, 1.165) is 37.7 Å². The van der Waals surface area contributed by atoms with Gasteiger partial charge in [0.2, 0.25) is 0 Å². The molecule has 116 valence electrons. The van der Waals surface area contributed by atoms with E-state index in [1.54, 1.807) is 12.1 Å². The zero-order valence-electron chi connectivity index (χ0n) is 11.8. The first-order chi connectivity index (χ1) is 10.0. The Bertz CT molecular complexity index is 464. The van der Waals surface area contributed by atoms with Crippen molar-refractivity contribution in [2.45, 2.75) is 51.1 Å². The van der Waals surface area contributed by atoms with Gasteiger partial charge in [-0.2, -0.15) is 0 Å². The number of rotatable bonds is 10. The molecule has 0 spiro atoms. The molecule has 1 aromatic rings. The maximum Gasteiger partial charge on any atom is 0.450 e. The molecule has 0 atom stereocenters. The second-order valence-corrected chi connectivity index (χ2v) is 4.99. The van der Waals surface area contributed by atoms with E-state index >= 15 is 0 Å². The fourth-order valence-electron chi connectivity index (χ4n) is 2.18. The maximum atomic E-state index is 10.4. The van der Waals surface area contributed by atoms with Crippen LogP contribution < -0.4 is 0 Å². The number of hydrogen-bond donors (Lipinski definition) is 1. The first-order valence-electron chi connectivity index (χ1n) is 7.06. The van der Waals surface area contributed by atoms with E-state index in [0.29, 0.717) is 12.2 Å². The summed E-state index contributed by atoms with van der Waals surface area (Å²) in [5.41, 5.74) is 0.916. The van der Waals surface area contributed by atoms with E-state index in [4.69, 9.17) is 0 Å². The van der Waals surface area contributed by atoms with E-state index in [1.165, 1.54) is 0 Å². The van der Waals surface area contributed by atoms with Crippen LogP contribution in [0.1, 0.15) is 44.1 Å². The van der Waals surface area contributed by atoms with E-state index in [2.05, 4.69) is 0 Å². The van der Waals surface area contributed by atoms with Crippen LogP contribution in [0.3, 0.4) is 0 Å². The molecule has 0 aliphatic carbocycles. The van der Waals surface area contributed by atoms with Gasteiger partial charge in [0.1, 0.15) is 5.75 Å². The van der Waals surface area contributed by atoms with Crippen molar-refractivity contribution in [2.24, 2.45) is 0 Å². The topological polar surface area (TPSA) is 107 Å². The second-order valence-electron chi connectivity index (χ2n) is 4.99. The molecule has 0 heterocycles. The third kappa shape index (κ3) is 6.20. The van der Waals surface area contributed by atoms with Gasteiger partial charge in [-0.15, -0.1) is 0 Å². The van der Waals surface area contributed by atoms with Crippen molar-refractivity contribution in [2.75, 3.05) is 0 Å². The minimum atomic E-state index is -1.67. The third-order valence-corrected chi connectivity index (χ3v) is 3.39. The summed E-state index contributed by atoms with van der Waals surface area (Å²) in [6.07, 6.45) is 3.09. The highest BCUT2D eigenvalue weighted by molar-refractivity contribution is 5.31. The van der Waals surface area contributed by atoms with Crippen LogP contribution in [0.4, 0.5) is 0 Å². The summed E-state index contributed by atoms with van der Waals surface area (Å²) in [5.74, 6) is 0.303. The van der Waals surface area contributed by atoms with Crippen LogP contribution in [0, 0.1) is 20.2 Å². The third-order valence-electron chi connectivity index (χ3n) is 3.39. The highest BCUT2D eigenvalue weighted by Gasteiger charge is 2.30. The average molecular weight is 296 g/mol. The summed E-state index contributed by atoms with van der Waals surface area (Å²) in [6, 6.07) is 7.20. The van der Waals surface area contributed by atoms with Gasteiger partial charge in [-0.25, -0.2) is 0 Å². The van der Waals surface area contributed by atoms with E-state index in [9.17, 15) is 25.3 Å². The van der Waals surface area contributed by atoms with Gasteiger partial charge in [-0.05, 0) is 30.9 Å². The quantitative estimate of drug-likeness (QED) is 0.309. The Morgan fingerprint density at radius 2 is 1.52 bits per heavy atom. The normalized spacial score (nSPS) is 10.7. The standard InChI is InChI=1S/C14H20N2O5/c17-13-10-7-6-9-12(13)8-4-2-1-3-5-11-14(15(18)19)16(20)21/h6-7,9-10,14,17H,1-5,8,11H2. The second kappa shape index (κ2) is 8.89. The van der Waals surface area contributed by atoms with Gasteiger partial charge in [0.05, 0.1) is 16.3 Å². The lowest BCUT2D eigenvalue weighted by molar-refractivity contribution is -0.743. The predicted octanol–water partition coefficient (Wildman–Crippen LogP) is 3.15. The highest BCUT2D eigenvalue weighted by atomic mass is 16.7. The van der Waals surface area contributed by atoms with Crippen molar-refractivity contribution < 1.29 is 15.0 Å². The number of aromatic hydroxyl groups is 1. The zero-order chi connectivity index (χ0) is 15.7. The van der Waals surface area contributed by atoms with Crippen molar-refractivity contribution in [3.8, 4) is 5.75 Å². The molecule has 0 fully saturated rings. The molecule has 0 saturated heterocycles. The lowest BCUT2D eigenvalue weighted by Crippen LogP contribution is -2.28. The number of aryl methyl sites for hydroxylation is 1. The molecule has 0 aromatic heterocycles. The molecular weight excluding hydrogens is 276 g/mol. The Morgan fingerprint density at radius 3 is 2.14 bits per heavy atom. The minimum Gasteiger partial charge on any atom is -0.508 e. The molecule has 1 aromatic carbocycles. The largest absolute Gasteiger partial charge is 0.508 e. The molecule has 0 aliphatic rings. The van der Waals surface area contributed by atoms with E-state index in [1.807, 2.05) is 12.1 Å². The molecule has 0 amide bonds. The first kappa shape index (κ1) is 16.9. The van der Waals surface area contributed by atoms with Crippen LogP contribution >= 0.6 is 0 Å². The molecule has 1 N–H and O–H groups in total. The monoisotopic (exact) mass is 296 g/mol. The van der Waals surface area contributed by atoms with Gasteiger partial charge in [0.25, 0.3) is 0 Å². The highest BCUT2D eigenvalue weighted by Crippen LogP contribution is 2.19. The lowest BCUT2D eigenvalue weighted by atomic mass is 10.0. The number of benzene rings is 1. The van der Waals surface area contributed by atoms with E-state index < -0.39 is 16.0 Å². The number of hydrogen-bond acceptors (Lipinski definition) is 5. The molecule has 21 heavy (non-hydrogen) atoms. The van der Waals surface area contributed by atoms with Crippen LogP contribution in [-0.2, 0) is 6.42 Å².